The fourth-order valence-electron chi connectivity index (χ4n) is 4.37. The van der Waals surface area contributed by atoms with E-state index in [9.17, 15) is 13.2 Å². The number of hydrogen-bond donors (Lipinski definition) is 3. The second kappa shape index (κ2) is 10.8. The summed E-state index contributed by atoms with van der Waals surface area (Å²) in [6.07, 6.45) is 9.26. The first kappa shape index (κ1) is 23.3. The van der Waals surface area contributed by atoms with Crippen LogP contribution in [0.5, 0.6) is 0 Å². The van der Waals surface area contributed by atoms with Crippen LogP contribution in [-0.4, -0.2) is 32.7 Å². The molecule has 2 aromatic carbocycles. The second-order valence-electron chi connectivity index (χ2n) is 8.75. The van der Waals surface area contributed by atoms with Crippen molar-refractivity contribution in [3.05, 3.63) is 54.1 Å². The molecule has 0 unspecified atom stereocenters. The minimum atomic E-state index is -3.49. The molecule has 1 heterocycles. The van der Waals surface area contributed by atoms with Gasteiger partial charge in [0.15, 0.2) is 0 Å². The number of aliphatic imine (C=N–C) groups is 1. The smallest absolute Gasteiger partial charge is 0.263 e. The lowest BCUT2D eigenvalue weighted by Crippen LogP contribution is -2.22. The molecule has 0 bridgehead atoms. The Balaban J connectivity index is 1.14. The Morgan fingerprint density at radius 2 is 1.67 bits per heavy atom. The van der Waals surface area contributed by atoms with Crippen molar-refractivity contribution in [3.8, 4) is 0 Å². The number of amides is 1. The summed E-state index contributed by atoms with van der Waals surface area (Å²) in [5, 5.41) is 6.54. The number of nitrogens with one attached hydrogen (secondary N) is 3. The lowest BCUT2D eigenvalue weighted by Gasteiger charge is -2.23. The molecular formula is C25H32N4O3S. The normalized spacial score (nSPS) is 18.5. The average molecular weight is 469 g/mol. The Bertz CT molecular complexity index is 1090. The highest BCUT2D eigenvalue weighted by Gasteiger charge is 2.29. The molecule has 1 fully saturated rings. The van der Waals surface area contributed by atoms with E-state index in [0.717, 1.165) is 30.6 Å². The molecule has 3 N–H and O–H groups in total. The molecule has 4 rings (SSSR count). The largest absolute Gasteiger partial charge is 0.382 e. The molecule has 7 nitrogen and oxygen atoms in total. The number of nitrogens with zero attached hydrogens (tertiary/aromatic N) is 1. The van der Waals surface area contributed by atoms with E-state index in [1.165, 1.54) is 32.1 Å². The van der Waals surface area contributed by atoms with E-state index < -0.39 is 10.0 Å². The van der Waals surface area contributed by atoms with Gasteiger partial charge in [-0.05, 0) is 62.1 Å². The maximum absolute atomic E-state index is 12.2. The number of benzene rings is 2. The summed E-state index contributed by atoms with van der Waals surface area (Å²) >= 11 is 0. The molecule has 176 valence electrons. The number of fused-ring (bicyclic) bond motifs is 1. The van der Waals surface area contributed by atoms with Crippen LogP contribution in [0.3, 0.4) is 0 Å². The van der Waals surface area contributed by atoms with Crippen LogP contribution in [0.4, 0.5) is 11.4 Å². The molecule has 1 aliphatic carbocycles. The highest BCUT2D eigenvalue weighted by molar-refractivity contribution is 7.90. The Kier molecular flexibility index (Phi) is 7.65. The van der Waals surface area contributed by atoms with Crippen LogP contribution in [0, 0.1) is 0 Å². The maximum atomic E-state index is 12.2. The van der Waals surface area contributed by atoms with E-state index in [1.807, 2.05) is 24.3 Å². The SMILES string of the molecule is O=C(CCCCCN=C1NS(=O)(=O)c2ccccc21)Nc1ccc(NC2CCCCC2)cc1. The van der Waals surface area contributed by atoms with E-state index in [0.29, 0.717) is 30.4 Å². The van der Waals surface area contributed by atoms with Gasteiger partial charge >= 0.3 is 0 Å². The topological polar surface area (TPSA) is 99.7 Å². The van der Waals surface area contributed by atoms with Crippen LogP contribution in [0.2, 0.25) is 0 Å². The number of hydrogen-bond acceptors (Lipinski definition) is 5. The molecule has 2 aliphatic rings. The van der Waals surface area contributed by atoms with Crippen molar-refractivity contribution in [2.24, 2.45) is 4.99 Å². The van der Waals surface area contributed by atoms with Gasteiger partial charge in [0.2, 0.25) is 5.91 Å². The van der Waals surface area contributed by atoms with Gasteiger partial charge in [-0.15, -0.1) is 0 Å². The predicted molar refractivity (Wildman–Crippen MR) is 132 cm³/mol. The van der Waals surface area contributed by atoms with Crippen molar-refractivity contribution < 1.29 is 13.2 Å². The van der Waals surface area contributed by atoms with Gasteiger partial charge in [-0.1, -0.05) is 37.8 Å². The molecule has 0 aromatic heterocycles. The van der Waals surface area contributed by atoms with Gasteiger partial charge in [0.05, 0.1) is 4.90 Å². The summed E-state index contributed by atoms with van der Waals surface area (Å²) in [5.41, 5.74) is 2.54. The number of carbonyl (C=O) groups is 1. The van der Waals surface area contributed by atoms with Gasteiger partial charge in [0.25, 0.3) is 10.0 Å². The molecule has 1 saturated carbocycles. The highest BCUT2D eigenvalue weighted by atomic mass is 32.2. The molecule has 0 atom stereocenters. The fourth-order valence-corrected chi connectivity index (χ4v) is 5.62. The maximum Gasteiger partial charge on any atom is 0.263 e. The third-order valence-electron chi connectivity index (χ3n) is 6.14. The van der Waals surface area contributed by atoms with Gasteiger partial charge in [0, 0.05) is 35.9 Å². The summed E-state index contributed by atoms with van der Waals surface area (Å²) < 4.78 is 26.7. The number of carbonyl (C=O) groups excluding carboxylic acids is 1. The first-order valence-corrected chi connectivity index (χ1v) is 13.3. The zero-order valence-corrected chi connectivity index (χ0v) is 19.7. The molecule has 0 spiro atoms. The van der Waals surface area contributed by atoms with Crippen LogP contribution in [-0.2, 0) is 14.8 Å². The number of amidine groups is 1. The predicted octanol–water partition coefficient (Wildman–Crippen LogP) is 4.67. The Hall–Kier alpha value is -2.87. The van der Waals surface area contributed by atoms with Crippen molar-refractivity contribution >= 4 is 33.1 Å². The summed E-state index contributed by atoms with van der Waals surface area (Å²) in [6, 6.07) is 15.4. The third kappa shape index (κ3) is 6.35. The Labute approximate surface area is 196 Å². The third-order valence-corrected chi connectivity index (χ3v) is 7.54. The van der Waals surface area contributed by atoms with Crippen LogP contribution >= 0.6 is 0 Å². The number of rotatable bonds is 9. The minimum absolute atomic E-state index is 0.00628. The lowest BCUT2D eigenvalue weighted by molar-refractivity contribution is -0.116. The molecule has 0 saturated heterocycles. The van der Waals surface area contributed by atoms with E-state index in [2.05, 4.69) is 20.3 Å². The van der Waals surface area contributed by atoms with E-state index >= 15 is 0 Å². The van der Waals surface area contributed by atoms with E-state index in [-0.39, 0.29) is 10.8 Å². The van der Waals surface area contributed by atoms with Gasteiger partial charge in [-0.2, -0.15) is 0 Å². The van der Waals surface area contributed by atoms with Crippen molar-refractivity contribution in [1.29, 1.82) is 0 Å². The Morgan fingerprint density at radius 3 is 2.45 bits per heavy atom. The van der Waals surface area contributed by atoms with E-state index in [1.54, 1.807) is 24.3 Å². The van der Waals surface area contributed by atoms with Gasteiger partial charge in [-0.3, -0.25) is 14.5 Å². The molecule has 33 heavy (non-hydrogen) atoms. The van der Waals surface area contributed by atoms with Gasteiger partial charge in [-0.25, -0.2) is 8.42 Å². The molecule has 1 amide bonds. The first-order valence-electron chi connectivity index (χ1n) is 11.8. The summed E-state index contributed by atoms with van der Waals surface area (Å²) in [4.78, 5) is 16.9. The van der Waals surface area contributed by atoms with Crippen LogP contribution in [0.15, 0.2) is 58.4 Å². The zero-order valence-electron chi connectivity index (χ0n) is 18.8. The van der Waals surface area contributed by atoms with Crippen molar-refractivity contribution in [3.63, 3.8) is 0 Å². The van der Waals surface area contributed by atoms with Crippen molar-refractivity contribution in [1.82, 2.24) is 4.72 Å². The molecule has 0 radical (unpaired) electrons. The lowest BCUT2D eigenvalue weighted by atomic mass is 9.95. The quantitative estimate of drug-likeness (QED) is 0.466. The fraction of sp³-hybridized carbons (Fsp3) is 0.440. The van der Waals surface area contributed by atoms with Gasteiger partial charge < -0.3 is 10.6 Å². The standard InChI is InChI=1S/C25H32N4O3S/c30-24(28-21-16-14-20(15-17-21)27-19-9-3-1-4-10-19)13-5-2-8-18-26-25-22-11-6-7-12-23(22)33(31,32)29-25/h6-7,11-12,14-17,19,27H,1-5,8-10,13,18H2,(H,26,29)(H,28,30). The molecule has 8 heteroatoms. The van der Waals surface area contributed by atoms with E-state index in [4.69, 9.17) is 0 Å². The van der Waals surface area contributed by atoms with Crippen molar-refractivity contribution in [2.45, 2.75) is 68.7 Å². The second-order valence-corrected chi connectivity index (χ2v) is 10.4. The molecule has 2 aromatic rings. The molecular weight excluding hydrogens is 436 g/mol. The number of sulfonamides is 1. The van der Waals surface area contributed by atoms with Crippen molar-refractivity contribution in [2.75, 3.05) is 17.2 Å². The highest BCUT2D eigenvalue weighted by Crippen LogP contribution is 2.23. The number of anilines is 2. The van der Waals surface area contributed by atoms with Crippen LogP contribution in [0.1, 0.15) is 63.4 Å². The van der Waals surface area contributed by atoms with Crippen LogP contribution < -0.4 is 15.4 Å². The summed E-state index contributed by atoms with van der Waals surface area (Å²) in [7, 11) is -3.49. The summed E-state index contributed by atoms with van der Waals surface area (Å²) in [5.74, 6) is 0.413. The first-order chi connectivity index (χ1) is 16.0. The Morgan fingerprint density at radius 1 is 0.939 bits per heavy atom. The zero-order chi connectivity index (χ0) is 23.1. The monoisotopic (exact) mass is 468 g/mol. The minimum Gasteiger partial charge on any atom is -0.382 e. The summed E-state index contributed by atoms with van der Waals surface area (Å²) in [6.45, 7) is 0.517. The van der Waals surface area contributed by atoms with Crippen LogP contribution in [0.25, 0.3) is 0 Å². The van der Waals surface area contributed by atoms with Gasteiger partial charge in [0.1, 0.15) is 5.84 Å². The number of unbranched alkanes of at least 4 members (excludes halogenated alkanes) is 2. The average Bonchev–Trinajstić information content (AvgIpc) is 3.08. The molecule has 1 aliphatic heterocycles.